The third-order valence-corrected chi connectivity index (χ3v) is 7.54. The molecule has 0 aromatic heterocycles. The molecule has 0 aromatic rings. The number of thioether (sulfide) groups is 1. The molecule has 106 valence electrons. The summed E-state index contributed by atoms with van der Waals surface area (Å²) in [6.07, 6.45) is 10.5. The maximum atomic E-state index is 11.6. The Morgan fingerprint density at radius 1 is 0.833 bits per heavy atom. The highest BCUT2D eigenvalue weighted by Gasteiger charge is 2.24. The lowest BCUT2D eigenvalue weighted by Gasteiger charge is -2.22. The molecule has 2 nitrogen and oxygen atoms in total. The van der Waals surface area contributed by atoms with Crippen LogP contribution in [0.3, 0.4) is 0 Å². The van der Waals surface area contributed by atoms with Crippen molar-refractivity contribution in [3.63, 3.8) is 0 Å². The van der Waals surface area contributed by atoms with Gasteiger partial charge in [-0.15, -0.1) is 0 Å². The summed E-state index contributed by atoms with van der Waals surface area (Å²) < 4.78 is 23.1. The Morgan fingerprint density at radius 2 is 1.44 bits per heavy atom. The Bertz CT molecular complexity index is 330. The van der Waals surface area contributed by atoms with Crippen molar-refractivity contribution in [3.05, 3.63) is 0 Å². The minimum Gasteiger partial charge on any atom is -0.229 e. The van der Waals surface area contributed by atoms with Crippen molar-refractivity contribution < 1.29 is 8.42 Å². The maximum absolute atomic E-state index is 11.6. The molecule has 4 heteroatoms. The van der Waals surface area contributed by atoms with Crippen LogP contribution in [0.5, 0.6) is 0 Å². The smallest absolute Gasteiger partial charge is 0.150 e. The van der Waals surface area contributed by atoms with Gasteiger partial charge in [-0.2, -0.15) is 11.8 Å². The standard InChI is InChI=1S/C14H26O2S2/c15-18(16)9-5-8-14(12-18)11-17-10-13-6-3-1-2-4-7-13/h13-14H,1-12H2. The van der Waals surface area contributed by atoms with E-state index >= 15 is 0 Å². The molecule has 0 spiro atoms. The van der Waals surface area contributed by atoms with Crippen molar-refractivity contribution in [2.75, 3.05) is 23.0 Å². The lowest BCUT2D eigenvalue weighted by atomic mass is 10.0. The van der Waals surface area contributed by atoms with E-state index in [-0.39, 0.29) is 0 Å². The molecule has 2 fully saturated rings. The third-order valence-electron chi connectivity index (χ3n) is 4.24. The lowest BCUT2D eigenvalue weighted by Crippen LogP contribution is -2.26. The highest BCUT2D eigenvalue weighted by atomic mass is 32.2. The van der Waals surface area contributed by atoms with Crippen LogP contribution in [-0.4, -0.2) is 31.4 Å². The molecule has 0 N–H and O–H groups in total. The number of hydrogen-bond acceptors (Lipinski definition) is 3. The molecular formula is C14H26O2S2. The molecule has 0 bridgehead atoms. The van der Waals surface area contributed by atoms with Crippen LogP contribution in [0.2, 0.25) is 0 Å². The molecule has 1 saturated carbocycles. The predicted octanol–water partition coefficient (Wildman–Crippen LogP) is 3.51. The number of sulfone groups is 1. The minimum absolute atomic E-state index is 0.427. The summed E-state index contributed by atoms with van der Waals surface area (Å²) in [6, 6.07) is 0. The van der Waals surface area contributed by atoms with Gasteiger partial charge in [-0.3, -0.25) is 0 Å². The average molecular weight is 290 g/mol. The predicted molar refractivity (Wildman–Crippen MR) is 79.9 cm³/mol. The first-order valence-corrected chi connectivity index (χ1v) is 10.4. The molecule has 2 aliphatic rings. The SMILES string of the molecule is O=S1(=O)CCCC(CSCC2CCCCCC2)C1. The highest BCUT2D eigenvalue weighted by molar-refractivity contribution is 7.99. The van der Waals surface area contributed by atoms with Gasteiger partial charge in [0.25, 0.3) is 0 Å². The summed E-state index contributed by atoms with van der Waals surface area (Å²) in [5.41, 5.74) is 0. The quantitative estimate of drug-likeness (QED) is 0.743. The fourth-order valence-electron chi connectivity index (χ4n) is 3.18. The van der Waals surface area contributed by atoms with Crippen LogP contribution in [0.15, 0.2) is 0 Å². The van der Waals surface area contributed by atoms with Gasteiger partial charge in [-0.05, 0) is 49.0 Å². The van der Waals surface area contributed by atoms with Crippen LogP contribution < -0.4 is 0 Å². The first kappa shape index (κ1) is 14.7. The second-order valence-electron chi connectivity index (χ2n) is 6.02. The Kier molecular flexibility index (Phi) is 5.87. The monoisotopic (exact) mass is 290 g/mol. The molecule has 0 amide bonds. The summed E-state index contributed by atoms with van der Waals surface area (Å²) in [6.45, 7) is 0. The fourth-order valence-corrected chi connectivity index (χ4v) is 6.53. The normalized spacial score (nSPS) is 29.9. The van der Waals surface area contributed by atoms with Gasteiger partial charge < -0.3 is 0 Å². The van der Waals surface area contributed by atoms with Gasteiger partial charge in [0.15, 0.2) is 9.84 Å². The number of hydrogen-bond donors (Lipinski definition) is 0. The molecule has 1 unspecified atom stereocenters. The van der Waals surface area contributed by atoms with E-state index in [4.69, 9.17) is 0 Å². The Morgan fingerprint density at radius 3 is 2.11 bits per heavy atom. The molecule has 1 saturated heterocycles. The lowest BCUT2D eigenvalue weighted by molar-refractivity contribution is 0.507. The van der Waals surface area contributed by atoms with E-state index in [1.807, 2.05) is 11.8 Å². The maximum Gasteiger partial charge on any atom is 0.150 e. The Hall–Kier alpha value is 0.300. The minimum atomic E-state index is -2.71. The van der Waals surface area contributed by atoms with E-state index in [9.17, 15) is 8.42 Å². The molecule has 0 radical (unpaired) electrons. The molecule has 18 heavy (non-hydrogen) atoms. The molecular weight excluding hydrogens is 264 g/mol. The first-order valence-electron chi connectivity index (χ1n) is 7.44. The summed E-state index contributed by atoms with van der Waals surface area (Å²) in [5.74, 6) is 4.53. The van der Waals surface area contributed by atoms with Crippen molar-refractivity contribution in [1.82, 2.24) is 0 Å². The van der Waals surface area contributed by atoms with Crippen LogP contribution in [0.25, 0.3) is 0 Å². The fraction of sp³-hybridized carbons (Fsp3) is 1.00. The van der Waals surface area contributed by atoms with Gasteiger partial charge in [0.1, 0.15) is 0 Å². The van der Waals surface area contributed by atoms with E-state index in [1.54, 1.807) is 0 Å². The van der Waals surface area contributed by atoms with Crippen molar-refractivity contribution in [2.24, 2.45) is 11.8 Å². The summed E-state index contributed by atoms with van der Waals surface area (Å²) in [7, 11) is -2.71. The second kappa shape index (κ2) is 7.18. The van der Waals surface area contributed by atoms with Crippen LogP contribution in [0, 0.1) is 11.8 Å². The summed E-state index contributed by atoms with van der Waals surface area (Å²) >= 11 is 2.01. The molecule has 2 rings (SSSR count). The van der Waals surface area contributed by atoms with Crippen molar-refractivity contribution in [1.29, 1.82) is 0 Å². The van der Waals surface area contributed by atoms with Crippen LogP contribution in [0.4, 0.5) is 0 Å². The van der Waals surface area contributed by atoms with E-state index in [0.717, 1.165) is 24.5 Å². The first-order chi connectivity index (χ1) is 8.66. The molecule has 1 heterocycles. The second-order valence-corrected chi connectivity index (χ2v) is 9.32. The Balaban J connectivity index is 1.65. The van der Waals surface area contributed by atoms with E-state index in [0.29, 0.717) is 17.4 Å². The zero-order valence-electron chi connectivity index (χ0n) is 11.3. The molecule has 0 aromatic carbocycles. The van der Waals surface area contributed by atoms with E-state index < -0.39 is 9.84 Å². The van der Waals surface area contributed by atoms with Crippen LogP contribution in [-0.2, 0) is 9.84 Å². The zero-order valence-corrected chi connectivity index (χ0v) is 12.9. The zero-order chi connectivity index (χ0) is 12.8. The van der Waals surface area contributed by atoms with Gasteiger partial charge in [0.2, 0.25) is 0 Å². The summed E-state index contributed by atoms with van der Waals surface area (Å²) in [4.78, 5) is 0. The van der Waals surface area contributed by atoms with E-state index in [2.05, 4.69) is 0 Å². The van der Waals surface area contributed by atoms with Crippen molar-refractivity contribution >= 4 is 21.6 Å². The largest absolute Gasteiger partial charge is 0.229 e. The Labute approximate surface area is 116 Å². The van der Waals surface area contributed by atoms with Crippen LogP contribution in [0.1, 0.15) is 51.4 Å². The van der Waals surface area contributed by atoms with Crippen molar-refractivity contribution in [2.45, 2.75) is 51.4 Å². The van der Waals surface area contributed by atoms with Gasteiger partial charge in [-0.25, -0.2) is 8.42 Å². The van der Waals surface area contributed by atoms with Crippen molar-refractivity contribution in [3.8, 4) is 0 Å². The van der Waals surface area contributed by atoms with E-state index in [1.165, 1.54) is 44.3 Å². The average Bonchev–Trinajstić information content (AvgIpc) is 2.56. The topological polar surface area (TPSA) is 34.1 Å². The highest BCUT2D eigenvalue weighted by Crippen LogP contribution is 2.28. The molecule has 1 aliphatic heterocycles. The molecule has 1 atom stereocenters. The third kappa shape index (κ3) is 5.12. The van der Waals surface area contributed by atoms with Gasteiger partial charge in [0.05, 0.1) is 11.5 Å². The van der Waals surface area contributed by atoms with Gasteiger partial charge in [-0.1, -0.05) is 25.7 Å². The van der Waals surface area contributed by atoms with Gasteiger partial charge >= 0.3 is 0 Å². The van der Waals surface area contributed by atoms with Crippen LogP contribution >= 0.6 is 11.8 Å². The molecule has 1 aliphatic carbocycles. The summed E-state index contributed by atoms with van der Waals surface area (Å²) in [5, 5.41) is 0. The van der Waals surface area contributed by atoms with Gasteiger partial charge in [0, 0.05) is 0 Å². The number of rotatable bonds is 4.